The number of hydrogen-bond donors (Lipinski definition) is 1. The molecule has 3 rings (SSSR count). The Hall–Kier alpha value is -0.320. The van der Waals surface area contributed by atoms with Crippen molar-refractivity contribution >= 4 is 53.5 Å². The smallest absolute Gasteiger partial charge is 0.0631 e. The maximum absolute atomic E-state index is 3.67. The molecule has 2 aromatic carbocycles. The predicted octanol–water partition coefficient (Wildman–Crippen LogP) is 5.94. The minimum Gasteiger partial charge on any atom is -0.380 e. The second-order valence-corrected chi connectivity index (χ2v) is 7.72. The second-order valence-electron chi connectivity index (χ2n) is 5.09. The third kappa shape index (κ3) is 3.12. The average molecular weight is 460 g/mol. The fourth-order valence-corrected chi connectivity index (χ4v) is 4.32. The molecule has 4 heteroatoms. The highest BCUT2D eigenvalue weighted by molar-refractivity contribution is 9.11. The van der Waals surface area contributed by atoms with Crippen LogP contribution < -0.4 is 5.32 Å². The van der Waals surface area contributed by atoms with Gasteiger partial charge in [0.25, 0.3) is 0 Å². The van der Waals surface area contributed by atoms with Gasteiger partial charge in [0.05, 0.1) is 5.69 Å². The van der Waals surface area contributed by atoms with Crippen molar-refractivity contribution in [3.8, 4) is 0 Å². The van der Waals surface area contributed by atoms with Crippen LogP contribution in [0.15, 0.2) is 49.8 Å². The fourth-order valence-electron chi connectivity index (χ4n) is 2.69. The van der Waals surface area contributed by atoms with E-state index < -0.39 is 0 Å². The van der Waals surface area contributed by atoms with E-state index in [2.05, 4.69) is 83.4 Å². The summed E-state index contributed by atoms with van der Waals surface area (Å²) in [7, 11) is 0. The first-order valence-electron chi connectivity index (χ1n) is 6.61. The van der Waals surface area contributed by atoms with Crippen LogP contribution in [0.4, 0.5) is 5.69 Å². The molecule has 1 nitrogen and oxygen atoms in total. The number of rotatable bonds is 2. The van der Waals surface area contributed by atoms with E-state index in [1.807, 2.05) is 6.07 Å². The summed E-state index contributed by atoms with van der Waals surface area (Å²) in [6, 6.07) is 13.3. The Kier molecular flexibility index (Phi) is 4.53. The molecule has 0 fully saturated rings. The van der Waals surface area contributed by atoms with Crippen molar-refractivity contribution in [1.82, 2.24) is 0 Å². The minimum atomic E-state index is 0.485. The summed E-state index contributed by atoms with van der Waals surface area (Å²) < 4.78 is 3.39. The van der Waals surface area contributed by atoms with Crippen LogP contribution in [0.2, 0.25) is 0 Å². The van der Waals surface area contributed by atoms with Gasteiger partial charge in [0.1, 0.15) is 0 Å². The molecule has 1 aliphatic rings. The van der Waals surface area contributed by atoms with Crippen molar-refractivity contribution in [2.45, 2.75) is 25.3 Å². The Bertz CT molecular complexity index is 619. The van der Waals surface area contributed by atoms with Gasteiger partial charge in [-0.2, -0.15) is 0 Å². The summed E-state index contributed by atoms with van der Waals surface area (Å²) in [6.45, 7) is 0. The van der Waals surface area contributed by atoms with Crippen LogP contribution in [0.1, 0.15) is 17.5 Å². The molecule has 1 unspecified atom stereocenters. The first-order chi connectivity index (χ1) is 9.63. The van der Waals surface area contributed by atoms with Gasteiger partial charge >= 0.3 is 0 Å². The van der Waals surface area contributed by atoms with Crippen molar-refractivity contribution in [1.29, 1.82) is 0 Å². The van der Waals surface area contributed by atoms with E-state index in [0.29, 0.717) is 6.04 Å². The summed E-state index contributed by atoms with van der Waals surface area (Å²) in [6.07, 6.45) is 3.38. The summed E-state index contributed by atoms with van der Waals surface area (Å²) in [4.78, 5) is 0. The third-order valence-corrected chi connectivity index (χ3v) is 5.52. The van der Waals surface area contributed by atoms with Gasteiger partial charge in [0.2, 0.25) is 0 Å². The van der Waals surface area contributed by atoms with Crippen molar-refractivity contribution in [2.75, 3.05) is 5.32 Å². The molecule has 0 saturated carbocycles. The number of benzene rings is 2. The topological polar surface area (TPSA) is 12.0 Å². The Balaban J connectivity index is 1.79. The van der Waals surface area contributed by atoms with Gasteiger partial charge in [0.15, 0.2) is 0 Å². The van der Waals surface area contributed by atoms with E-state index in [4.69, 9.17) is 0 Å². The zero-order chi connectivity index (χ0) is 14.1. The monoisotopic (exact) mass is 457 g/mol. The quantitative estimate of drug-likeness (QED) is 0.585. The Morgan fingerprint density at radius 1 is 0.950 bits per heavy atom. The highest BCUT2D eigenvalue weighted by atomic mass is 79.9. The Morgan fingerprint density at radius 3 is 2.45 bits per heavy atom. The lowest BCUT2D eigenvalue weighted by molar-refractivity contribution is 0.610. The Morgan fingerprint density at radius 2 is 1.70 bits per heavy atom. The molecule has 1 atom stereocenters. The van der Waals surface area contributed by atoms with Crippen molar-refractivity contribution < 1.29 is 0 Å². The molecule has 0 bridgehead atoms. The minimum absolute atomic E-state index is 0.485. The molecule has 0 saturated heterocycles. The zero-order valence-electron chi connectivity index (χ0n) is 10.8. The van der Waals surface area contributed by atoms with Crippen LogP contribution in [0.5, 0.6) is 0 Å². The number of anilines is 1. The number of hydrogen-bond acceptors (Lipinski definition) is 1. The van der Waals surface area contributed by atoms with Crippen molar-refractivity contribution in [2.24, 2.45) is 0 Å². The number of nitrogens with one attached hydrogen (secondary N) is 1. The van der Waals surface area contributed by atoms with E-state index >= 15 is 0 Å². The lowest BCUT2D eigenvalue weighted by atomic mass is 9.88. The molecule has 1 N–H and O–H groups in total. The summed E-state index contributed by atoms with van der Waals surface area (Å²) >= 11 is 10.8. The maximum Gasteiger partial charge on any atom is 0.0631 e. The van der Waals surface area contributed by atoms with Crippen LogP contribution in [-0.2, 0) is 12.8 Å². The van der Waals surface area contributed by atoms with Gasteiger partial charge < -0.3 is 5.32 Å². The molecule has 1 aliphatic carbocycles. The average Bonchev–Trinajstić information content (AvgIpc) is 2.43. The molecule has 20 heavy (non-hydrogen) atoms. The summed E-state index contributed by atoms with van der Waals surface area (Å²) in [5.74, 6) is 0. The lowest BCUT2D eigenvalue weighted by Gasteiger charge is -2.27. The Labute approximate surface area is 144 Å². The van der Waals surface area contributed by atoms with Gasteiger partial charge in [-0.1, -0.05) is 28.1 Å². The van der Waals surface area contributed by atoms with E-state index in [9.17, 15) is 0 Å². The first kappa shape index (κ1) is 14.6. The van der Waals surface area contributed by atoms with Crippen LogP contribution in [-0.4, -0.2) is 6.04 Å². The van der Waals surface area contributed by atoms with Crippen LogP contribution >= 0.6 is 47.8 Å². The molecule has 0 aromatic heterocycles. The standard InChI is InChI=1S/C16H14Br3N/c17-12-6-4-11-9-13(7-5-10(11)8-12)20-16-14(18)2-1-3-15(16)19/h1-4,6,8,13,20H,5,7,9H2. The zero-order valence-corrected chi connectivity index (χ0v) is 15.6. The highest BCUT2D eigenvalue weighted by Crippen LogP contribution is 2.33. The molecule has 0 amide bonds. The number of aryl methyl sites for hydroxylation is 1. The number of halogens is 3. The fraction of sp³-hybridized carbons (Fsp3) is 0.250. The van der Waals surface area contributed by atoms with Gasteiger partial charge in [-0.05, 0) is 86.5 Å². The molecule has 2 aromatic rings. The second kappa shape index (κ2) is 6.20. The van der Waals surface area contributed by atoms with Crippen LogP contribution in [0.25, 0.3) is 0 Å². The molecule has 0 heterocycles. The van der Waals surface area contributed by atoms with E-state index in [0.717, 1.165) is 33.9 Å². The van der Waals surface area contributed by atoms with Crippen LogP contribution in [0.3, 0.4) is 0 Å². The van der Waals surface area contributed by atoms with E-state index in [1.54, 1.807) is 0 Å². The third-order valence-electron chi connectivity index (χ3n) is 3.71. The first-order valence-corrected chi connectivity index (χ1v) is 8.99. The summed E-state index contributed by atoms with van der Waals surface area (Å²) in [5, 5.41) is 3.67. The number of para-hydroxylation sites is 1. The number of fused-ring (bicyclic) bond motifs is 1. The van der Waals surface area contributed by atoms with Crippen molar-refractivity contribution in [3.63, 3.8) is 0 Å². The highest BCUT2D eigenvalue weighted by Gasteiger charge is 2.20. The molecule has 0 aliphatic heterocycles. The molecular weight excluding hydrogens is 446 g/mol. The predicted molar refractivity (Wildman–Crippen MR) is 95.4 cm³/mol. The maximum atomic E-state index is 3.67. The SMILES string of the molecule is Brc1ccc2c(c1)CCC(Nc1c(Br)cccc1Br)C2. The van der Waals surface area contributed by atoms with Gasteiger partial charge in [0, 0.05) is 19.5 Å². The van der Waals surface area contributed by atoms with Gasteiger partial charge in [-0.25, -0.2) is 0 Å². The molecular formula is C16H14Br3N. The largest absolute Gasteiger partial charge is 0.380 e. The van der Waals surface area contributed by atoms with Crippen molar-refractivity contribution in [3.05, 3.63) is 60.9 Å². The molecule has 0 radical (unpaired) electrons. The lowest BCUT2D eigenvalue weighted by Crippen LogP contribution is -2.27. The molecule has 0 spiro atoms. The molecule has 104 valence electrons. The van der Waals surface area contributed by atoms with E-state index in [-0.39, 0.29) is 0 Å². The van der Waals surface area contributed by atoms with Gasteiger partial charge in [-0.15, -0.1) is 0 Å². The normalized spacial score (nSPS) is 17.6. The van der Waals surface area contributed by atoms with Crippen LogP contribution in [0, 0.1) is 0 Å². The van der Waals surface area contributed by atoms with E-state index in [1.165, 1.54) is 15.6 Å². The summed E-state index contributed by atoms with van der Waals surface area (Å²) in [5.41, 5.74) is 4.09. The van der Waals surface area contributed by atoms with Gasteiger partial charge in [-0.3, -0.25) is 0 Å².